The number of carbonyl (C=O) groups excluding carboxylic acids is 3. The van der Waals surface area contributed by atoms with Crippen LogP contribution in [-0.2, 0) is 4.79 Å². The number of nitrogens with two attached hydrogens (primary N) is 1. The van der Waals surface area contributed by atoms with E-state index in [9.17, 15) is 14.4 Å². The van der Waals surface area contributed by atoms with Gasteiger partial charge < -0.3 is 26.2 Å². The lowest BCUT2D eigenvalue weighted by Gasteiger charge is -2.34. The van der Waals surface area contributed by atoms with E-state index in [4.69, 9.17) is 5.73 Å². The monoisotopic (exact) mass is 410 g/mol. The van der Waals surface area contributed by atoms with E-state index in [2.05, 4.69) is 15.6 Å². The molecule has 1 fully saturated rings. The smallest absolute Gasteiger partial charge is 0.312 e. The number of hydrogen-bond donors (Lipinski definition) is 3. The lowest BCUT2D eigenvalue weighted by Crippen LogP contribution is -2.50. The van der Waals surface area contributed by atoms with E-state index in [0.717, 1.165) is 5.69 Å². The van der Waals surface area contributed by atoms with Crippen LogP contribution < -0.4 is 16.4 Å². The van der Waals surface area contributed by atoms with Crippen molar-refractivity contribution in [1.29, 1.82) is 0 Å². The number of urea groups is 1. The van der Waals surface area contributed by atoms with E-state index in [-0.39, 0.29) is 11.8 Å². The largest absolute Gasteiger partial charge is 0.355 e. The topological polar surface area (TPSA) is 121 Å². The van der Waals surface area contributed by atoms with Crippen LogP contribution in [0.15, 0.2) is 42.6 Å². The van der Waals surface area contributed by atoms with Gasteiger partial charge in [-0.1, -0.05) is 18.2 Å². The van der Waals surface area contributed by atoms with Crippen molar-refractivity contribution < 1.29 is 14.4 Å². The number of piperazine rings is 1. The van der Waals surface area contributed by atoms with Gasteiger partial charge in [-0.15, -0.1) is 0 Å². The molecule has 1 atom stereocenters. The summed E-state index contributed by atoms with van der Waals surface area (Å²) in [4.78, 5) is 43.8. The first-order valence-electron chi connectivity index (χ1n) is 9.78. The second-order valence-corrected chi connectivity index (χ2v) is 7.17. The zero-order valence-corrected chi connectivity index (χ0v) is 17.1. The van der Waals surface area contributed by atoms with Crippen molar-refractivity contribution in [3.63, 3.8) is 0 Å². The molecule has 2 aromatic rings. The zero-order chi connectivity index (χ0) is 21.7. The summed E-state index contributed by atoms with van der Waals surface area (Å²) in [6.07, 6.45) is 1.51. The van der Waals surface area contributed by atoms with E-state index >= 15 is 0 Å². The van der Waals surface area contributed by atoms with Gasteiger partial charge >= 0.3 is 6.03 Å². The summed E-state index contributed by atoms with van der Waals surface area (Å²) in [5.74, 6) is -0.151. The first kappa shape index (κ1) is 21.1. The minimum absolute atomic E-state index is 0.00971. The highest BCUT2D eigenvalue weighted by molar-refractivity contribution is 6.00. The van der Waals surface area contributed by atoms with Crippen LogP contribution in [0.1, 0.15) is 35.9 Å². The Balaban J connectivity index is 1.87. The minimum Gasteiger partial charge on any atom is -0.355 e. The molecule has 158 valence electrons. The minimum atomic E-state index is -0.648. The highest BCUT2D eigenvalue weighted by atomic mass is 16.2. The molecule has 1 unspecified atom stereocenters. The molecule has 0 aliphatic carbocycles. The van der Waals surface area contributed by atoms with Crippen LogP contribution >= 0.6 is 0 Å². The molecule has 1 aliphatic heterocycles. The van der Waals surface area contributed by atoms with Gasteiger partial charge in [0.25, 0.3) is 5.91 Å². The maximum absolute atomic E-state index is 13.2. The molecule has 0 spiro atoms. The van der Waals surface area contributed by atoms with E-state index < -0.39 is 12.1 Å². The first-order chi connectivity index (χ1) is 14.3. The number of carbonyl (C=O) groups is 3. The quantitative estimate of drug-likeness (QED) is 0.695. The van der Waals surface area contributed by atoms with Crippen LogP contribution in [0.3, 0.4) is 0 Å². The molecule has 0 bridgehead atoms. The van der Waals surface area contributed by atoms with Crippen LogP contribution in [0.25, 0.3) is 0 Å². The summed E-state index contributed by atoms with van der Waals surface area (Å²) in [6, 6.07) is 10.2. The second kappa shape index (κ2) is 9.25. The molecular formula is C21H26N6O3. The summed E-state index contributed by atoms with van der Waals surface area (Å²) in [7, 11) is 0. The van der Waals surface area contributed by atoms with Crippen molar-refractivity contribution in [3.05, 3.63) is 53.9 Å². The third kappa shape index (κ3) is 5.05. The predicted octanol–water partition coefficient (Wildman–Crippen LogP) is 1.86. The lowest BCUT2D eigenvalue weighted by molar-refractivity contribution is -0.130. The maximum atomic E-state index is 13.2. The molecule has 9 heteroatoms. The van der Waals surface area contributed by atoms with Crippen molar-refractivity contribution in [2.75, 3.05) is 31.5 Å². The number of primary amides is 1. The van der Waals surface area contributed by atoms with Crippen LogP contribution in [0.5, 0.6) is 0 Å². The van der Waals surface area contributed by atoms with Gasteiger partial charge in [-0.3, -0.25) is 14.6 Å². The molecule has 4 N–H and O–H groups in total. The van der Waals surface area contributed by atoms with Crippen LogP contribution in [0.2, 0.25) is 0 Å². The third-order valence-corrected chi connectivity index (χ3v) is 5.02. The molecule has 2 heterocycles. The number of nitrogens with one attached hydrogen (secondary N) is 2. The van der Waals surface area contributed by atoms with Gasteiger partial charge in [-0.2, -0.15) is 0 Å². The van der Waals surface area contributed by atoms with Crippen molar-refractivity contribution in [2.24, 2.45) is 5.73 Å². The Bertz CT molecular complexity index is 926. The predicted molar refractivity (Wildman–Crippen MR) is 113 cm³/mol. The molecule has 3 rings (SSSR count). The van der Waals surface area contributed by atoms with Gasteiger partial charge in [-0.25, -0.2) is 4.79 Å². The zero-order valence-electron chi connectivity index (χ0n) is 17.1. The number of benzene rings is 1. The Labute approximate surface area is 175 Å². The van der Waals surface area contributed by atoms with Crippen LogP contribution in [-0.4, -0.2) is 58.8 Å². The van der Waals surface area contributed by atoms with Crippen molar-refractivity contribution in [1.82, 2.24) is 20.1 Å². The van der Waals surface area contributed by atoms with Gasteiger partial charge in [0.1, 0.15) is 0 Å². The first-order valence-corrected chi connectivity index (χ1v) is 9.78. The number of nitrogens with zero attached hydrogens (tertiary/aromatic N) is 3. The number of anilines is 2. The Morgan fingerprint density at radius 2 is 1.70 bits per heavy atom. The molecule has 9 nitrogen and oxygen atoms in total. The lowest BCUT2D eigenvalue weighted by atomic mass is 10.1. The fraction of sp³-hybridized carbons (Fsp3) is 0.333. The van der Waals surface area contributed by atoms with Crippen molar-refractivity contribution in [3.8, 4) is 0 Å². The molecule has 4 amide bonds. The Kier molecular flexibility index (Phi) is 6.51. The summed E-state index contributed by atoms with van der Waals surface area (Å²) >= 11 is 0. The summed E-state index contributed by atoms with van der Waals surface area (Å²) in [5, 5.41) is 5.87. The van der Waals surface area contributed by atoms with Gasteiger partial charge in [0, 0.05) is 45.0 Å². The molecule has 1 aromatic carbocycles. The fourth-order valence-electron chi connectivity index (χ4n) is 3.34. The van der Waals surface area contributed by atoms with E-state index in [0.29, 0.717) is 43.1 Å². The summed E-state index contributed by atoms with van der Waals surface area (Å²) < 4.78 is 0. The maximum Gasteiger partial charge on any atom is 0.312 e. The summed E-state index contributed by atoms with van der Waals surface area (Å²) in [6.45, 7) is 5.24. The summed E-state index contributed by atoms with van der Waals surface area (Å²) in [5.41, 5.74) is 7.62. The molecule has 1 aromatic heterocycles. The van der Waals surface area contributed by atoms with Gasteiger partial charge in [-0.05, 0) is 25.1 Å². The van der Waals surface area contributed by atoms with Crippen molar-refractivity contribution in [2.45, 2.75) is 19.9 Å². The van der Waals surface area contributed by atoms with Crippen molar-refractivity contribution >= 4 is 29.2 Å². The van der Waals surface area contributed by atoms with E-state index in [1.165, 1.54) is 13.1 Å². The number of para-hydroxylation sites is 1. The molecule has 0 radical (unpaired) electrons. The average Bonchev–Trinajstić information content (AvgIpc) is 2.73. The van der Waals surface area contributed by atoms with Crippen LogP contribution in [0, 0.1) is 0 Å². The SMILES string of the molecule is CC(=O)N1CCN(C(=O)c2cnc(C(C)NC(N)=O)cc2Nc2ccccc2)CC1. The Morgan fingerprint density at radius 1 is 1.07 bits per heavy atom. The van der Waals surface area contributed by atoms with Gasteiger partial charge in [0.2, 0.25) is 5.91 Å². The molecular weight excluding hydrogens is 384 g/mol. The Hall–Kier alpha value is -3.62. The fourth-order valence-corrected chi connectivity index (χ4v) is 3.34. The second-order valence-electron chi connectivity index (χ2n) is 7.17. The molecule has 1 aliphatic rings. The van der Waals surface area contributed by atoms with Gasteiger partial charge in [0.15, 0.2) is 0 Å². The average molecular weight is 410 g/mol. The number of amides is 4. The molecule has 0 saturated carbocycles. The normalized spacial score (nSPS) is 14.7. The van der Waals surface area contributed by atoms with Gasteiger partial charge in [0.05, 0.1) is 23.0 Å². The number of hydrogen-bond acceptors (Lipinski definition) is 5. The number of rotatable bonds is 5. The molecule has 30 heavy (non-hydrogen) atoms. The number of pyridine rings is 1. The highest BCUT2D eigenvalue weighted by Gasteiger charge is 2.26. The number of aromatic nitrogens is 1. The Morgan fingerprint density at radius 3 is 2.30 bits per heavy atom. The van der Waals surface area contributed by atoms with E-state index in [1.54, 1.807) is 22.8 Å². The standard InChI is InChI=1S/C21H26N6O3/c1-14(24-21(22)30)18-12-19(25-16-6-4-3-5-7-16)17(13-23-18)20(29)27-10-8-26(9-11-27)15(2)28/h3-7,12-14H,8-11H2,1-2H3,(H,23,25)(H3,22,24,30). The third-order valence-electron chi connectivity index (χ3n) is 5.02. The van der Waals surface area contributed by atoms with Crippen LogP contribution in [0.4, 0.5) is 16.2 Å². The highest BCUT2D eigenvalue weighted by Crippen LogP contribution is 2.25. The molecule has 1 saturated heterocycles. The van der Waals surface area contributed by atoms with E-state index in [1.807, 2.05) is 30.3 Å².